The number of carboxylic acids is 1. The monoisotopic (exact) mass is 294 g/mol. The van der Waals surface area contributed by atoms with Crippen LogP contribution in [0.2, 0.25) is 5.02 Å². The molecule has 2 rings (SSSR count). The fourth-order valence-corrected chi connectivity index (χ4v) is 1.77. The van der Waals surface area contributed by atoms with Crippen molar-refractivity contribution in [3.05, 3.63) is 40.4 Å². The van der Waals surface area contributed by atoms with Crippen LogP contribution >= 0.6 is 11.6 Å². The van der Waals surface area contributed by atoms with Gasteiger partial charge < -0.3 is 9.63 Å². The minimum absolute atomic E-state index is 0. The second kappa shape index (κ2) is 6.27. The Labute approximate surface area is 150 Å². The molecule has 0 saturated heterocycles. The number of carboxylic acid groups (broad SMARTS) is 1. The Morgan fingerprint density at radius 2 is 2.17 bits per heavy atom. The number of aromatic nitrogens is 1. The number of halogens is 2. The van der Waals surface area contributed by atoms with E-state index in [4.69, 9.17) is 21.2 Å². The average molecular weight is 295 g/mol. The molecule has 0 fully saturated rings. The van der Waals surface area contributed by atoms with Gasteiger partial charge in [0.15, 0.2) is 0 Å². The third kappa shape index (κ3) is 2.84. The van der Waals surface area contributed by atoms with Crippen molar-refractivity contribution in [2.75, 3.05) is 0 Å². The number of aromatic carboxylic acids is 1. The van der Waals surface area contributed by atoms with E-state index in [0.717, 1.165) is 0 Å². The Kier molecular flexibility index (Phi) is 5.51. The molecular weight excluding hydrogens is 288 g/mol. The molecule has 0 saturated carbocycles. The average Bonchev–Trinajstić information content (AvgIpc) is 2.60. The van der Waals surface area contributed by atoms with E-state index in [0.29, 0.717) is 0 Å². The van der Waals surface area contributed by atoms with Crippen LogP contribution in [0.15, 0.2) is 22.7 Å². The predicted molar refractivity (Wildman–Crippen MR) is 64.4 cm³/mol. The molecule has 2 aromatic rings. The molecule has 4 nitrogen and oxygen atoms in total. The Bertz CT molecular complexity index is 580. The van der Waals surface area contributed by atoms with E-state index < -0.39 is 11.8 Å². The van der Waals surface area contributed by atoms with Crippen molar-refractivity contribution < 1.29 is 18.8 Å². The van der Waals surface area contributed by atoms with Crippen molar-refractivity contribution in [1.29, 1.82) is 0 Å². The van der Waals surface area contributed by atoms with Gasteiger partial charge in [-0.3, -0.25) is 0 Å². The molecule has 1 radical (unpaired) electrons. The maximum absolute atomic E-state index is 13.6. The molecule has 18 heavy (non-hydrogen) atoms. The molecule has 1 aromatic heterocycles. The zero-order valence-corrected chi connectivity index (χ0v) is 13.6. The molecule has 0 aliphatic carbocycles. The summed E-state index contributed by atoms with van der Waals surface area (Å²) < 4.78 is 18.4. The van der Waals surface area contributed by atoms with E-state index >= 15 is 0 Å². The summed E-state index contributed by atoms with van der Waals surface area (Å²) >= 11 is 5.84. The molecule has 1 aromatic carbocycles. The number of aryl methyl sites for hydroxylation is 1. The molecule has 0 unspecified atom stereocenters. The third-order valence-corrected chi connectivity index (χ3v) is 2.59. The Balaban J connectivity index is 0.00000162. The van der Waals surface area contributed by atoms with Crippen molar-refractivity contribution in [3.63, 3.8) is 0 Å². The predicted octanol–water partition coefficient (Wildman–Crippen LogP) is 2.76. The molecule has 89 valence electrons. The van der Waals surface area contributed by atoms with E-state index in [9.17, 15) is 9.18 Å². The van der Waals surface area contributed by atoms with E-state index in [1.54, 1.807) is 0 Å². The third-order valence-electron chi connectivity index (χ3n) is 2.28. The Hall–Kier alpha value is -0.244. The summed E-state index contributed by atoms with van der Waals surface area (Å²) in [7, 11) is 0. The smallest absolute Gasteiger partial charge is 0.341 e. The summed E-state index contributed by atoms with van der Waals surface area (Å²) in [4.78, 5) is 11.0. The van der Waals surface area contributed by atoms with Crippen LogP contribution in [0.5, 0.6) is 0 Å². The van der Waals surface area contributed by atoms with Gasteiger partial charge in [0.25, 0.3) is 0 Å². The first-order valence-corrected chi connectivity index (χ1v) is 5.04. The van der Waals surface area contributed by atoms with Gasteiger partial charge in [0.05, 0.1) is 10.6 Å². The minimum atomic E-state index is -1.24. The Morgan fingerprint density at radius 1 is 1.50 bits per heavy atom. The second-order valence-corrected chi connectivity index (χ2v) is 3.77. The Morgan fingerprint density at radius 3 is 2.72 bits per heavy atom. The molecule has 1 heterocycles. The first-order valence-electron chi connectivity index (χ1n) is 4.66. The quantitative estimate of drug-likeness (QED) is 0.865. The van der Waals surface area contributed by atoms with Crippen LogP contribution < -0.4 is 0 Å². The topological polar surface area (TPSA) is 63.3 Å². The molecule has 7 heteroatoms. The standard InChI is InChI=1S/C11H7ClFNO3.K/c1-5-8(11(15)16)10(14-17-5)9-6(12)3-2-4-7(9)13;/h2-4H,1H3,(H,15,16);. The number of rotatable bonds is 2. The molecule has 0 aliphatic rings. The van der Waals surface area contributed by atoms with Crippen molar-refractivity contribution in [2.45, 2.75) is 6.92 Å². The molecule has 0 aliphatic heterocycles. The van der Waals surface area contributed by atoms with Crippen LogP contribution in [0.25, 0.3) is 11.3 Å². The van der Waals surface area contributed by atoms with Crippen LogP contribution in [0, 0.1) is 12.7 Å². The van der Waals surface area contributed by atoms with Gasteiger partial charge in [-0.05, 0) is 19.1 Å². The SMILES string of the molecule is Cc1onc(-c2c(F)cccc2Cl)c1C(=O)O.[K]. The van der Waals surface area contributed by atoms with Gasteiger partial charge >= 0.3 is 5.97 Å². The largest absolute Gasteiger partial charge is 0.477 e. The number of hydrogen-bond donors (Lipinski definition) is 1. The van der Waals surface area contributed by atoms with Crippen LogP contribution in [0.4, 0.5) is 4.39 Å². The van der Waals surface area contributed by atoms with Crippen LogP contribution in [-0.4, -0.2) is 67.6 Å². The van der Waals surface area contributed by atoms with Crippen molar-refractivity contribution in [1.82, 2.24) is 5.16 Å². The van der Waals surface area contributed by atoms with Crippen molar-refractivity contribution in [3.8, 4) is 11.3 Å². The summed E-state index contributed by atoms with van der Waals surface area (Å²) in [6.07, 6.45) is 0. The molecule has 0 bridgehead atoms. The zero-order valence-electron chi connectivity index (χ0n) is 9.70. The fraction of sp³-hybridized carbons (Fsp3) is 0.0909. The molecule has 0 atom stereocenters. The van der Waals surface area contributed by atoms with Gasteiger partial charge in [-0.1, -0.05) is 22.8 Å². The van der Waals surface area contributed by atoms with E-state index in [-0.39, 0.29) is 79.0 Å². The van der Waals surface area contributed by atoms with Gasteiger partial charge in [0.1, 0.15) is 22.8 Å². The summed E-state index contributed by atoms with van der Waals surface area (Å²) in [6.45, 7) is 1.44. The van der Waals surface area contributed by atoms with E-state index in [2.05, 4.69) is 5.16 Å². The van der Waals surface area contributed by atoms with Crippen molar-refractivity contribution >= 4 is 69.0 Å². The van der Waals surface area contributed by atoms with Gasteiger partial charge in [-0.25, -0.2) is 9.18 Å². The van der Waals surface area contributed by atoms with Crippen LogP contribution in [0.3, 0.4) is 0 Å². The summed E-state index contributed by atoms with van der Waals surface area (Å²) in [5.41, 5.74) is -0.349. The summed E-state index contributed by atoms with van der Waals surface area (Å²) in [5, 5.41) is 12.6. The van der Waals surface area contributed by atoms with E-state index in [1.165, 1.54) is 25.1 Å². The first-order chi connectivity index (χ1) is 8.02. The van der Waals surface area contributed by atoms with Gasteiger partial charge in [-0.2, -0.15) is 0 Å². The maximum Gasteiger partial charge on any atom is 0.341 e. The number of hydrogen-bond acceptors (Lipinski definition) is 3. The minimum Gasteiger partial charge on any atom is -0.477 e. The van der Waals surface area contributed by atoms with Gasteiger partial charge in [0.2, 0.25) is 0 Å². The van der Waals surface area contributed by atoms with E-state index in [1.807, 2.05) is 0 Å². The van der Waals surface area contributed by atoms with Gasteiger partial charge in [-0.15, -0.1) is 0 Å². The molecule has 0 amide bonds. The molecule has 1 N–H and O–H groups in total. The molecule has 0 spiro atoms. The van der Waals surface area contributed by atoms with Crippen LogP contribution in [0.1, 0.15) is 16.1 Å². The summed E-state index contributed by atoms with van der Waals surface area (Å²) in [6, 6.07) is 4.06. The van der Waals surface area contributed by atoms with Crippen LogP contribution in [-0.2, 0) is 0 Å². The van der Waals surface area contributed by atoms with Crippen molar-refractivity contribution in [2.24, 2.45) is 0 Å². The second-order valence-electron chi connectivity index (χ2n) is 3.36. The number of benzene rings is 1. The first kappa shape index (κ1) is 15.8. The normalized spacial score (nSPS) is 9.94. The maximum atomic E-state index is 13.6. The fourth-order valence-electron chi connectivity index (χ4n) is 1.52. The number of carbonyl (C=O) groups is 1. The number of nitrogens with zero attached hydrogens (tertiary/aromatic N) is 1. The summed E-state index contributed by atoms with van der Waals surface area (Å²) in [5.74, 6) is -1.78. The van der Waals surface area contributed by atoms with Gasteiger partial charge in [0, 0.05) is 51.4 Å². The molecular formula is C11H7ClFKNO3. The zero-order chi connectivity index (χ0) is 12.6.